The van der Waals surface area contributed by atoms with E-state index in [1.165, 1.54) is 0 Å². The largest absolute Gasteiger partial charge is 0.452 e. The third-order valence-electron chi connectivity index (χ3n) is 3.98. The number of nitrogens with zero attached hydrogens (tertiary/aromatic N) is 1. The number of aryl methyl sites for hydroxylation is 1. The summed E-state index contributed by atoms with van der Waals surface area (Å²) in [6, 6.07) is 9.26. The number of nitriles is 1. The van der Waals surface area contributed by atoms with Gasteiger partial charge in [-0.15, -0.1) is 0 Å². The Morgan fingerprint density at radius 3 is 2.45 bits per heavy atom. The Morgan fingerprint density at radius 1 is 1.27 bits per heavy atom. The van der Waals surface area contributed by atoms with Crippen LogP contribution in [0.3, 0.4) is 0 Å². The number of carbonyl (C=O) groups excluding carboxylic acids is 2. The maximum Gasteiger partial charge on any atom is 0.338 e. The minimum atomic E-state index is -0.785. The van der Waals surface area contributed by atoms with Gasteiger partial charge in [0.2, 0.25) is 0 Å². The number of carbonyl (C=O) groups is 2. The van der Waals surface area contributed by atoms with E-state index in [-0.39, 0.29) is 6.61 Å². The molecule has 116 valence electrons. The standard InChI is InChI=1S/C17H20N2O3/c1-2-13-5-7-14(8-6-13)16(21)22-11-15(20)19-17(12-18)9-3-4-10-17/h5-8H,2-4,9-11H2,1H3,(H,19,20). The molecule has 0 radical (unpaired) electrons. The number of hydrogen-bond acceptors (Lipinski definition) is 4. The van der Waals surface area contributed by atoms with Crippen molar-refractivity contribution in [3.05, 3.63) is 35.4 Å². The van der Waals surface area contributed by atoms with Gasteiger partial charge in [0, 0.05) is 0 Å². The minimum absolute atomic E-state index is 0.363. The Bertz CT molecular complexity index is 581. The van der Waals surface area contributed by atoms with Gasteiger partial charge in [-0.1, -0.05) is 19.1 Å². The lowest BCUT2D eigenvalue weighted by molar-refractivity contribution is -0.125. The summed E-state index contributed by atoms with van der Waals surface area (Å²) < 4.78 is 5.00. The average molecular weight is 300 g/mol. The summed E-state index contributed by atoms with van der Waals surface area (Å²) in [7, 11) is 0. The van der Waals surface area contributed by atoms with Crippen LogP contribution in [0.1, 0.15) is 48.5 Å². The van der Waals surface area contributed by atoms with Crippen molar-refractivity contribution in [2.45, 2.75) is 44.6 Å². The van der Waals surface area contributed by atoms with E-state index < -0.39 is 17.4 Å². The van der Waals surface area contributed by atoms with E-state index in [0.717, 1.165) is 24.8 Å². The second kappa shape index (κ2) is 7.08. The average Bonchev–Trinajstić information content (AvgIpc) is 3.01. The predicted molar refractivity (Wildman–Crippen MR) is 81.1 cm³/mol. The van der Waals surface area contributed by atoms with Crippen molar-refractivity contribution in [1.82, 2.24) is 5.32 Å². The minimum Gasteiger partial charge on any atom is -0.452 e. The third kappa shape index (κ3) is 3.85. The third-order valence-corrected chi connectivity index (χ3v) is 3.98. The molecular formula is C17H20N2O3. The second-order valence-corrected chi connectivity index (χ2v) is 5.58. The number of ether oxygens (including phenoxy) is 1. The fraction of sp³-hybridized carbons (Fsp3) is 0.471. The molecule has 1 aliphatic rings. The highest BCUT2D eigenvalue weighted by Crippen LogP contribution is 2.28. The molecule has 5 nitrogen and oxygen atoms in total. The molecule has 1 amide bonds. The van der Waals surface area contributed by atoms with Crippen LogP contribution in [-0.4, -0.2) is 24.0 Å². The zero-order valence-electron chi connectivity index (χ0n) is 12.7. The highest BCUT2D eigenvalue weighted by Gasteiger charge is 2.35. The van der Waals surface area contributed by atoms with E-state index in [2.05, 4.69) is 11.4 Å². The number of nitrogens with one attached hydrogen (secondary N) is 1. The summed E-state index contributed by atoms with van der Waals surface area (Å²) >= 11 is 0. The van der Waals surface area contributed by atoms with Crippen LogP contribution in [0, 0.1) is 11.3 Å². The summed E-state index contributed by atoms with van der Waals surface area (Å²) in [5.41, 5.74) is 0.763. The first-order chi connectivity index (χ1) is 10.6. The van der Waals surface area contributed by atoms with Gasteiger partial charge in [-0.3, -0.25) is 4.79 Å². The van der Waals surface area contributed by atoms with E-state index in [4.69, 9.17) is 4.74 Å². The molecule has 0 aliphatic heterocycles. The van der Waals surface area contributed by atoms with Crippen molar-refractivity contribution in [2.75, 3.05) is 6.61 Å². The van der Waals surface area contributed by atoms with E-state index in [0.29, 0.717) is 18.4 Å². The monoisotopic (exact) mass is 300 g/mol. The van der Waals surface area contributed by atoms with Gasteiger partial charge in [0.05, 0.1) is 11.6 Å². The highest BCUT2D eigenvalue weighted by atomic mass is 16.5. The van der Waals surface area contributed by atoms with Crippen molar-refractivity contribution in [3.8, 4) is 6.07 Å². The number of amides is 1. The van der Waals surface area contributed by atoms with Gasteiger partial charge in [-0.05, 0) is 49.8 Å². The normalized spacial score (nSPS) is 15.8. The Hall–Kier alpha value is -2.35. The molecule has 0 unspecified atom stereocenters. The lowest BCUT2D eigenvalue weighted by atomic mass is 10.00. The first kappa shape index (κ1) is 16.0. The Morgan fingerprint density at radius 2 is 1.91 bits per heavy atom. The lowest BCUT2D eigenvalue weighted by Crippen LogP contribution is -2.46. The molecule has 5 heteroatoms. The van der Waals surface area contributed by atoms with E-state index in [1.807, 2.05) is 19.1 Å². The van der Waals surface area contributed by atoms with Crippen LogP contribution in [0.25, 0.3) is 0 Å². The SMILES string of the molecule is CCc1ccc(C(=O)OCC(=O)NC2(C#N)CCCC2)cc1. The number of rotatable bonds is 5. The zero-order chi connectivity index (χ0) is 16.0. The fourth-order valence-electron chi connectivity index (χ4n) is 2.64. The smallest absolute Gasteiger partial charge is 0.338 e. The molecule has 1 aromatic rings. The summed E-state index contributed by atoms with van der Waals surface area (Å²) in [5.74, 6) is -0.961. The molecule has 2 rings (SSSR count). The van der Waals surface area contributed by atoms with Gasteiger partial charge in [0.1, 0.15) is 5.54 Å². The summed E-state index contributed by atoms with van der Waals surface area (Å²) in [6.07, 6.45) is 4.06. The highest BCUT2D eigenvalue weighted by molar-refractivity contribution is 5.91. The quantitative estimate of drug-likeness (QED) is 0.847. The molecule has 0 saturated heterocycles. The number of benzene rings is 1. The van der Waals surface area contributed by atoms with Gasteiger partial charge in [0.25, 0.3) is 5.91 Å². The molecule has 1 fully saturated rings. The number of esters is 1. The molecular weight excluding hydrogens is 280 g/mol. The molecule has 0 atom stereocenters. The Kier molecular flexibility index (Phi) is 5.16. The van der Waals surface area contributed by atoms with Crippen molar-refractivity contribution >= 4 is 11.9 Å². The van der Waals surface area contributed by atoms with Crippen molar-refractivity contribution in [3.63, 3.8) is 0 Å². The van der Waals surface area contributed by atoms with Crippen molar-refractivity contribution in [1.29, 1.82) is 5.26 Å². The zero-order valence-corrected chi connectivity index (χ0v) is 12.7. The van der Waals surface area contributed by atoms with Crippen LogP contribution in [0.5, 0.6) is 0 Å². The molecule has 1 N–H and O–H groups in total. The Labute approximate surface area is 130 Å². The van der Waals surface area contributed by atoms with Gasteiger partial charge < -0.3 is 10.1 Å². The molecule has 1 saturated carbocycles. The first-order valence-corrected chi connectivity index (χ1v) is 7.57. The fourth-order valence-corrected chi connectivity index (χ4v) is 2.64. The van der Waals surface area contributed by atoms with Crippen LogP contribution in [-0.2, 0) is 16.0 Å². The van der Waals surface area contributed by atoms with E-state index in [1.54, 1.807) is 12.1 Å². The summed E-state index contributed by atoms with van der Waals surface area (Å²) in [4.78, 5) is 23.7. The molecule has 0 aromatic heterocycles. The molecule has 0 bridgehead atoms. The topological polar surface area (TPSA) is 79.2 Å². The summed E-state index contributed by atoms with van der Waals surface area (Å²) in [5, 5.41) is 11.9. The lowest BCUT2D eigenvalue weighted by Gasteiger charge is -2.21. The Balaban J connectivity index is 1.85. The molecule has 0 heterocycles. The van der Waals surface area contributed by atoms with E-state index in [9.17, 15) is 14.9 Å². The van der Waals surface area contributed by atoms with Gasteiger partial charge >= 0.3 is 5.97 Å². The molecule has 22 heavy (non-hydrogen) atoms. The summed E-state index contributed by atoms with van der Waals surface area (Å²) in [6.45, 7) is 1.67. The van der Waals surface area contributed by atoms with Crippen LogP contribution in [0.2, 0.25) is 0 Å². The maximum absolute atomic E-state index is 11.9. The van der Waals surface area contributed by atoms with Gasteiger partial charge in [-0.2, -0.15) is 5.26 Å². The van der Waals surface area contributed by atoms with Crippen LogP contribution in [0.15, 0.2) is 24.3 Å². The maximum atomic E-state index is 11.9. The van der Waals surface area contributed by atoms with Gasteiger partial charge in [0.15, 0.2) is 6.61 Å². The van der Waals surface area contributed by atoms with Crippen LogP contribution >= 0.6 is 0 Å². The second-order valence-electron chi connectivity index (χ2n) is 5.58. The first-order valence-electron chi connectivity index (χ1n) is 7.57. The van der Waals surface area contributed by atoms with E-state index >= 15 is 0 Å². The predicted octanol–water partition coefficient (Wildman–Crippen LogP) is 2.36. The number of hydrogen-bond donors (Lipinski definition) is 1. The van der Waals surface area contributed by atoms with Gasteiger partial charge in [-0.25, -0.2) is 4.79 Å². The van der Waals surface area contributed by atoms with Crippen LogP contribution in [0.4, 0.5) is 0 Å². The van der Waals surface area contributed by atoms with Crippen molar-refractivity contribution < 1.29 is 14.3 Å². The van der Waals surface area contributed by atoms with Crippen molar-refractivity contribution in [2.24, 2.45) is 0 Å². The molecule has 1 aliphatic carbocycles. The molecule has 1 aromatic carbocycles. The van der Waals surface area contributed by atoms with Crippen LogP contribution < -0.4 is 5.32 Å². The molecule has 0 spiro atoms.